The average molecular weight is 383 g/mol. The maximum absolute atomic E-state index is 12.2. The summed E-state index contributed by atoms with van der Waals surface area (Å²) in [5.74, 6) is 0.542. The van der Waals surface area contributed by atoms with Crippen LogP contribution in [0.5, 0.6) is 5.75 Å². The molecule has 150 valence electrons. The third-order valence-corrected chi connectivity index (χ3v) is 4.41. The summed E-state index contributed by atoms with van der Waals surface area (Å²) >= 11 is 0. The molecule has 5 heteroatoms. The lowest BCUT2D eigenvalue weighted by molar-refractivity contribution is -0.116. The lowest BCUT2D eigenvalue weighted by Crippen LogP contribution is -2.34. The number of rotatable bonds is 12. The first-order valence-corrected chi connectivity index (χ1v) is 9.97. The Bertz CT molecular complexity index is 744. The maximum Gasteiger partial charge on any atom is 0.242 e. The zero-order valence-corrected chi connectivity index (χ0v) is 16.8. The monoisotopic (exact) mass is 382 g/mol. The molecule has 0 fully saturated rings. The third kappa shape index (κ3) is 7.06. The van der Waals surface area contributed by atoms with E-state index in [4.69, 9.17) is 4.74 Å². The van der Waals surface area contributed by atoms with Crippen LogP contribution in [0.4, 0.5) is 11.4 Å². The summed E-state index contributed by atoms with van der Waals surface area (Å²) in [6.45, 7) is 4.07. The molecule has 2 aromatic carbocycles. The Hall–Kier alpha value is -2.82. The molecule has 0 spiro atoms. The molecule has 5 nitrogen and oxygen atoms in total. The van der Waals surface area contributed by atoms with Gasteiger partial charge in [0.2, 0.25) is 5.91 Å². The second-order valence-electron chi connectivity index (χ2n) is 6.77. The number of carbonyl (C=O) groups is 2. The summed E-state index contributed by atoms with van der Waals surface area (Å²) in [4.78, 5) is 22.6. The number of nitrogens with one attached hydrogen (secondary N) is 1. The van der Waals surface area contributed by atoms with Crippen LogP contribution in [0.15, 0.2) is 48.5 Å². The molecule has 0 aromatic heterocycles. The van der Waals surface area contributed by atoms with Crippen molar-refractivity contribution in [2.24, 2.45) is 0 Å². The fourth-order valence-electron chi connectivity index (χ4n) is 2.90. The van der Waals surface area contributed by atoms with E-state index in [0.29, 0.717) is 18.8 Å². The van der Waals surface area contributed by atoms with Crippen LogP contribution < -0.4 is 15.2 Å². The first-order valence-electron chi connectivity index (χ1n) is 9.97. The molecule has 0 unspecified atom stereocenters. The van der Waals surface area contributed by atoms with Crippen molar-refractivity contribution in [3.63, 3.8) is 0 Å². The lowest BCUT2D eigenvalue weighted by Gasteiger charge is -2.23. The largest absolute Gasteiger partial charge is 0.493 e. The molecule has 0 saturated heterocycles. The van der Waals surface area contributed by atoms with E-state index in [2.05, 4.69) is 24.5 Å². The number of anilines is 2. The highest BCUT2D eigenvalue weighted by Gasteiger charge is 2.12. The van der Waals surface area contributed by atoms with Gasteiger partial charge in [-0.1, -0.05) is 44.4 Å². The summed E-state index contributed by atoms with van der Waals surface area (Å²) in [6, 6.07) is 15.4. The van der Waals surface area contributed by atoms with Crippen molar-refractivity contribution in [1.29, 1.82) is 0 Å². The Morgan fingerprint density at radius 1 is 1.11 bits per heavy atom. The van der Waals surface area contributed by atoms with E-state index in [1.54, 1.807) is 0 Å². The van der Waals surface area contributed by atoms with Gasteiger partial charge in [-0.2, -0.15) is 0 Å². The van der Waals surface area contributed by atoms with E-state index in [1.807, 2.05) is 36.4 Å². The van der Waals surface area contributed by atoms with Crippen LogP contribution in [0.1, 0.15) is 51.5 Å². The van der Waals surface area contributed by atoms with Crippen LogP contribution in [0.2, 0.25) is 0 Å². The van der Waals surface area contributed by atoms with Crippen molar-refractivity contribution < 1.29 is 14.3 Å². The molecule has 0 aliphatic rings. The minimum atomic E-state index is -0.108. The first-order chi connectivity index (χ1) is 13.6. The van der Waals surface area contributed by atoms with Crippen molar-refractivity contribution >= 4 is 23.6 Å². The van der Waals surface area contributed by atoms with E-state index in [-0.39, 0.29) is 5.91 Å². The Morgan fingerprint density at radius 2 is 1.89 bits per heavy atom. The molecular formula is C23H30N2O3. The summed E-state index contributed by atoms with van der Waals surface area (Å²) in [7, 11) is 0. The fraction of sp³-hybridized carbons (Fsp3) is 0.391. The van der Waals surface area contributed by atoms with E-state index in [9.17, 15) is 9.59 Å². The lowest BCUT2D eigenvalue weighted by atomic mass is 10.1. The highest BCUT2D eigenvalue weighted by Crippen LogP contribution is 2.22. The number of benzene rings is 2. The number of unbranched alkanes of at least 4 members (excludes halogenated alkanes) is 3. The Morgan fingerprint density at radius 3 is 2.57 bits per heavy atom. The van der Waals surface area contributed by atoms with Gasteiger partial charge in [-0.25, -0.2) is 5.01 Å². The summed E-state index contributed by atoms with van der Waals surface area (Å²) < 4.78 is 5.53. The normalized spacial score (nSPS) is 10.4. The predicted octanol–water partition coefficient (Wildman–Crippen LogP) is 5.16. The molecule has 0 aliphatic heterocycles. The van der Waals surface area contributed by atoms with Gasteiger partial charge < -0.3 is 9.53 Å². The topological polar surface area (TPSA) is 58.6 Å². The van der Waals surface area contributed by atoms with Crippen molar-refractivity contribution in [1.82, 2.24) is 0 Å². The van der Waals surface area contributed by atoms with Crippen LogP contribution >= 0.6 is 0 Å². The fourth-order valence-corrected chi connectivity index (χ4v) is 2.90. The minimum Gasteiger partial charge on any atom is -0.493 e. The van der Waals surface area contributed by atoms with Crippen molar-refractivity contribution in [2.75, 3.05) is 17.0 Å². The van der Waals surface area contributed by atoms with E-state index in [0.717, 1.165) is 24.1 Å². The van der Waals surface area contributed by atoms with Gasteiger partial charge in [-0.05, 0) is 42.7 Å². The van der Waals surface area contributed by atoms with Crippen LogP contribution in [0.3, 0.4) is 0 Å². The zero-order valence-electron chi connectivity index (χ0n) is 16.8. The number of hydrazine groups is 1. The molecule has 2 aromatic rings. The Balaban J connectivity index is 2.02. The van der Waals surface area contributed by atoms with Crippen molar-refractivity contribution in [3.8, 4) is 5.75 Å². The van der Waals surface area contributed by atoms with Gasteiger partial charge in [0.1, 0.15) is 12.0 Å². The molecule has 28 heavy (non-hydrogen) atoms. The van der Waals surface area contributed by atoms with E-state index >= 15 is 0 Å². The van der Waals surface area contributed by atoms with Gasteiger partial charge in [0.25, 0.3) is 0 Å². The second-order valence-corrected chi connectivity index (χ2v) is 6.77. The Kier molecular flexibility index (Phi) is 9.05. The first kappa shape index (κ1) is 21.5. The quantitative estimate of drug-likeness (QED) is 0.313. The number of ether oxygens (including phenoxy) is 1. The smallest absolute Gasteiger partial charge is 0.242 e. The number of aldehydes is 1. The predicted molar refractivity (Wildman–Crippen MR) is 114 cm³/mol. The van der Waals surface area contributed by atoms with Gasteiger partial charge in [-0.3, -0.25) is 10.2 Å². The third-order valence-electron chi connectivity index (χ3n) is 4.41. The molecule has 0 bridgehead atoms. The maximum atomic E-state index is 12.2. The molecule has 0 heterocycles. The van der Waals surface area contributed by atoms with Crippen molar-refractivity contribution in [2.45, 2.75) is 52.4 Å². The minimum absolute atomic E-state index is 0.108. The van der Waals surface area contributed by atoms with Gasteiger partial charge in [0, 0.05) is 19.4 Å². The van der Waals surface area contributed by atoms with Crippen LogP contribution in [-0.2, 0) is 16.0 Å². The van der Waals surface area contributed by atoms with Crippen LogP contribution in [-0.4, -0.2) is 18.8 Å². The summed E-state index contributed by atoms with van der Waals surface area (Å²) in [5, 5.41) is 1.52. The van der Waals surface area contributed by atoms with Gasteiger partial charge in [0.05, 0.1) is 18.0 Å². The standard InChI is InChI=1S/C23H30N2O3/c1-3-4-5-6-9-20-12-14-22(15-13-20)25(19(2)27)24-21-10-7-11-23(18-21)28-17-8-16-26/h7,10-16,18,24H,3-6,8-9,17H2,1-2H3. The SMILES string of the molecule is CCCCCCc1ccc(N(Nc2cccc(OCCC=O)c2)C(C)=O)cc1. The number of carbonyl (C=O) groups excluding carboxylic acids is 2. The Labute approximate surface area is 167 Å². The van der Waals surface area contributed by atoms with Gasteiger partial charge >= 0.3 is 0 Å². The summed E-state index contributed by atoms with van der Waals surface area (Å²) in [5.41, 5.74) is 5.95. The number of hydrogen-bond donors (Lipinski definition) is 1. The second kappa shape index (κ2) is 11.8. The molecule has 0 aliphatic carbocycles. The molecule has 0 atom stereocenters. The molecule has 0 radical (unpaired) electrons. The molecule has 1 N–H and O–H groups in total. The van der Waals surface area contributed by atoms with Crippen LogP contribution in [0, 0.1) is 0 Å². The number of hydrogen-bond acceptors (Lipinski definition) is 4. The summed E-state index contributed by atoms with van der Waals surface area (Å²) in [6.07, 6.45) is 7.20. The molecular weight excluding hydrogens is 352 g/mol. The molecule has 0 saturated carbocycles. The zero-order chi connectivity index (χ0) is 20.2. The number of aryl methyl sites for hydroxylation is 1. The van der Waals surface area contributed by atoms with Gasteiger partial charge in [0.15, 0.2) is 0 Å². The molecule has 1 amide bonds. The number of amides is 1. The van der Waals surface area contributed by atoms with E-state index in [1.165, 1.54) is 43.2 Å². The highest BCUT2D eigenvalue weighted by molar-refractivity contribution is 5.93. The van der Waals surface area contributed by atoms with Gasteiger partial charge in [-0.15, -0.1) is 0 Å². The average Bonchev–Trinajstić information content (AvgIpc) is 2.70. The molecule has 2 rings (SSSR count). The van der Waals surface area contributed by atoms with Crippen molar-refractivity contribution in [3.05, 3.63) is 54.1 Å². The van der Waals surface area contributed by atoms with E-state index < -0.39 is 0 Å². The highest BCUT2D eigenvalue weighted by atomic mass is 16.5. The van der Waals surface area contributed by atoms with Crippen LogP contribution in [0.25, 0.3) is 0 Å². The number of nitrogens with zero attached hydrogens (tertiary/aromatic N) is 1.